The highest BCUT2D eigenvalue weighted by atomic mass is 15.1. The largest absolute Gasteiger partial charge is 0.310 e. The molecule has 0 radical (unpaired) electrons. The second-order valence-electron chi connectivity index (χ2n) is 8.04. The molecule has 154 valence electrons. The van der Waals surface area contributed by atoms with Crippen molar-refractivity contribution in [3.05, 3.63) is 138 Å². The Morgan fingerprint density at radius 1 is 0.469 bits per heavy atom. The highest BCUT2D eigenvalue weighted by Crippen LogP contribution is 2.36. The molecule has 0 fully saturated rings. The van der Waals surface area contributed by atoms with E-state index in [0.29, 0.717) is 0 Å². The minimum atomic E-state index is 1.14. The van der Waals surface area contributed by atoms with Crippen molar-refractivity contribution in [2.24, 2.45) is 0 Å². The number of benzene rings is 5. The average molecular weight is 412 g/mol. The summed E-state index contributed by atoms with van der Waals surface area (Å²) in [6, 6.07) is 43.0. The molecule has 5 rings (SSSR count). The number of aryl methyl sites for hydroxylation is 1. The molecule has 0 amide bonds. The second-order valence-corrected chi connectivity index (χ2v) is 8.04. The summed E-state index contributed by atoms with van der Waals surface area (Å²) in [6.45, 7) is 2.11. The van der Waals surface area contributed by atoms with Crippen molar-refractivity contribution in [3.8, 4) is 0 Å². The minimum Gasteiger partial charge on any atom is -0.310 e. The summed E-state index contributed by atoms with van der Waals surface area (Å²) < 4.78 is 0. The van der Waals surface area contributed by atoms with Crippen molar-refractivity contribution in [3.63, 3.8) is 0 Å². The molecule has 32 heavy (non-hydrogen) atoms. The van der Waals surface area contributed by atoms with E-state index in [4.69, 9.17) is 0 Å². The highest BCUT2D eigenvalue weighted by Gasteiger charge is 2.12. The molecule has 5 aromatic carbocycles. The Morgan fingerprint density at radius 3 is 1.69 bits per heavy atom. The van der Waals surface area contributed by atoms with E-state index in [0.717, 1.165) is 17.1 Å². The fourth-order valence-corrected chi connectivity index (χ4v) is 3.94. The molecule has 0 N–H and O–H groups in total. The van der Waals surface area contributed by atoms with Gasteiger partial charge in [-0.15, -0.1) is 0 Å². The highest BCUT2D eigenvalue weighted by molar-refractivity contribution is 5.89. The number of hydrogen-bond acceptors (Lipinski definition) is 1. The van der Waals surface area contributed by atoms with Crippen LogP contribution in [0.1, 0.15) is 16.7 Å². The number of anilines is 3. The summed E-state index contributed by atoms with van der Waals surface area (Å²) >= 11 is 0. The first kappa shape index (κ1) is 19.8. The number of hydrogen-bond donors (Lipinski definition) is 0. The smallest absolute Gasteiger partial charge is 0.0468 e. The molecule has 0 saturated carbocycles. The summed E-state index contributed by atoms with van der Waals surface area (Å²) in [6.07, 6.45) is 4.32. The van der Waals surface area contributed by atoms with Crippen LogP contribution in [0.3, 0.4) is 0 Å². The number of para-hydroxylation sites is 1. The van der Waals surface area contributed by atoms with Gasteiger partial charge in [0.15, 0.2) is 0 Å². The zero-order valence-corrected chi connectivity index (χ0v) is 18.1. The van der Waals surface area contributed by atoms with Gasteiger partial charge in [0.25, 0.3) is 0 Å². The zero-order valence-electron chi connectivity index (χ0n) is 18.1. The third kappa shape index (κ3) is 4.33. The van der Waals surface area contributed by atoms with Gasteiger partial charge in [0, 0.05) is 17.1 Å². The van der Waals surface area contributed by atoms with E-state index in [1.54, 1.807) is 0 Å². The normalized spacial score (nSPS) is 11.2. The number of rotatable bonds is 5. The van der Waals surface area contributed by atoms with E-state index in [1.807, 2.05) is 0 Å². The molecule has 0 heterocycles. The van der Waals surface area contributed by atoms with E-state index in [1.165, 1.54) is 27.5 Å². The molecule has 0 aliphatic carbocycles. The molecule has 0 bridgehead atoms. The fraction of sp³-hybridized carbons (Fsp3) is 0.0323. The maximum Gasteiger partial charge on any atom is 0.0468 e. The molecule has 1 nitrogen and oxygen atoms in total. The second kappa shape index (κ2) is 8.95. The Kier molecular flexibility index (Phi) is 5.55. The van der Waals surface area contributed by atoms with Gasteiger partial charge >= 0.3 is 0 Å². The van der Waals surface area contributed by atoms with Crippen LogP contribution < -0.4 is 4.90 Å². The van der Waals surface area contributed by atoms with Gasteiger partial charge in [0.05, 0.1) is 0 Å². The molecule has 0 aliphatic heterocycles. The lowest BCUT2D eigenvalue weighted by Gasteiger charge is -2.26. The zero-order chi connectivity index (χ0) is 21.8. The van der Waals surface area contributed by atoms with Crippen LogP contribution in [0.2, 0.25) is 0 Å². The van der Waals surface area contributed by atoms with Gasteiger partial charge in [-0.3, -0.25) is 0 Å². The molecule has 0 spiro atoms. The topological polar surface area (TPSA) is 3.24 Å². The van der Waals surface area contributed by atoms with Crippen molar-refractivity contribution in [2.45, 2.75) is 6.92 Å². The molecule has 1 heteroatoms. The van der Waals surface area contributed by atoms with Crippen molar-refractivity contribution in [1.82, 2.24) is 0 Å². The molecule has 0 atom stereocenters. The predicted octanol–water partition coefficient (Wildman–Crippen LogP) is 8.79. The number of fused-ring (bicyclic) bond motifs is 1. The summed E-state index contributed by atoms with van der Waals surface area (Å²) in [4.78, 5) is 2.31. The Morgan fingerprint density at radius 2 is 1.00 bits per heavy atom. The van der Waals surface area contributed by atoms with Crippen LogP contribution in [0.4, 0.5) is 17.1 Å². The first-order valence-electron chi connectivity index (χ1n) is 11.0. The summed E-state index contributed by atoms with van der Waals surface area (Å²) in [7, 11) is 0. The molecular weight excluding hydrogens is 386 g/mol. The maximum atomic E-state index is 2.31. The van der Waals surface area contributed by atoms with E-state index in [9.17, 15) is 0 Å². The van der Waals surface area contributed by atoms with Gasteiger partial charge in [-0.25, -0.2) is 0 Å². The Balaban J connectivity index is 1.49. The fourth-order valence-electron chi connectivity index (χ4n) is 3.94. The first-order chi connectivity index (χ1) is 15.8. The molecule has 0 aromatic heterocycles. The first-order valence-corrected chi connectivity index (χ1v) is 11.0. The standard InChI is InChI=1S/C31H25N/c1-24-11-13-25(14-12-24)15-16-26-17-20-30(21-18-26)32(29-9-3-2-4-10-29)31-22-19-27-7-5-6-8-28(27)23-31/h2-23H,1H3/b16-15+. The third-order valence-corrected chi connectivity index (χ3v) is 5.70. The van der Waals surface area contributed by atoms with Crippen LogP contribution in [-0.2, 0) is 0 Å². The lowest BCUT2D eigenvalue weighted by molar-refractivity contribution is 1.29. The summed E-state index contributed by atoms with van der Waals surface area (Å²) in [5, 5.41) is 2.49. The van der Waals surface area contributed by atoms with Gasteiger partial charge in [-0.2, -0.15) is 0 Å². The van der Waals surface area contributed by atoms with Crippen LogP contribution in [0.5, 0.6) is 0 Å². The van der Waals surface area contributed by atoms with Crippen LogP contribution >= 0.6 is 0 Å². The van der Waals surface area contributed by atoms with Crippen LogP contribution in [0.15, 0.2) is 121 Å². The van der Waals surface area contributed by atoms with Crippen LogP contribution in [0.25, 0.3) is 22.9 Å². The van der Waals surface area contributed by atoms with E-state index in [2.05, 4.69) is 145 Å². The van der Waals surface area contributed by atoms with Crippen LogP contribution in [0, 0.1) is 6.92 Å². The Hall–Kier alpha value is -4.10. The summed E-state index contributed by atoms with van der Waals surface area (Å²) in [5.41, 5.74) is 7.10. The van der Waals surface area contributed by atoms with Crippen molar-refractivity contribution >= 4 is 40.0 Å². The Bertz CT molecular complexity index is 1350. The monoisotopic (exact) mass is 411 g/mol. The van der Waals surface area contributed by atoms with Crippen molar-refractivity contribution in [2.75, 3.05) is 4.90 Å². The Labute approximate surface area is 189 Å². The third-order valence-electron chi connectivity index (χ3n) is 5.70. The van der Waals surface area contributed by atoms with E-state index >= 15 is 0 Å². The van der Waals surface area contributed by atoms with Crippen LogP contribution in [-0.4, -0.2) is 0 Å². The predicted molar refractivity (Wildman–Crippen MR) is 139 cm³/mol. The van der Waals surface area contributed by atoms with Gasteiger partial charge in [-0.1, -0.05) is 103 Å². The van der Waals surface area contributed by atoms with Crippen molar-refractivity contribution < 1.29 is 0 Å². The molecule has 0 aliphatic rings. The van der Waals surface area contributed by atoms with Gasteiger partial charge < -0.3 is 4.90 Å². The van der Waals surface area contributed by atoms with Crippen molar-refractivity contribution in [1.29, 1.82) is 0 Å². The molecule has 0 saturated heterocycles. The van der Waals surface area contributed by atoms with Gasteiger partial charge in [-0.05, 0) is 65.2 Å². The SMILES string of the molecule is Cc1ccc(/C=C/c2ccc(N(c3ccccc3)c3ccc4ccccc4c3)cc2)cc1. The lowest BCUT2D eigenvalue weighted by atomic mass is 10.1. The maximum absolute atomic E-state index is 2.31. The lowest BCUT2D eigenvalue weighted by Crippen LogP contribution is -2.09. The van der Waals surface area contributed by atoms with E-state index in [-0.39, 0.29) is 0 Å². The quantitative estimate of drug-likeness (QED) is 0.261. The molecule has 0 unspecified atom stereocenters. The van der Waals surface area contributed by atoms with Gasteiger partial charge in [0.2, 0.25) is 0 Å². The summed E-state index contributed by atoms with van der Waals surface area (Å²) in [5.74, 6) is 0. The van der Waals surface area contributed by atoms with Gasteiger partial charge in [0.1, 0.15) is 0 Å². The molecule has 5 aromatic rings. The number of nitrogens with zero attached hydrogens (tertiary/aromatic N) is 1. The van der Waals surface area contributed by atoms with E-state index < -0.39 is 0 Å². The average Bonchev–Trinajstić information content (AvgIpc) is 2.85. The minimum absolute atomic E-state index is 1.14. The molecular formula is C31H25N.